The molecule has 0 spiro atoms. The lowest BCUT2D eigenvalue weighted by Crippen LogP contribution is -2.41. The number of phosphoric ester groups is 1. The molecule has 16 nitrogen and oxygen atoms in total. The highest BCUT2D eigenvalue weighted by molar-refractivity contribution is 7.47. The number of amides is 1. The van der Waals surface area contributed by atoms with Crippen molar-refractivity contribution in [1.82, 2.24) is 19.9 Å². The van der Waals surface area contributed by atoms with Gasteiger partial charge in [0.2, 0.25) is 5.60 Å². The highest BCUT2D eigenvalue weighted by atomic mass is 31.2. The molecule has 324 valence electrons. The molecule has 1 saturated heterocycles. The molecule has 3 aromatic rings. The second kappa shape index (κ2) is 24.3. The number of aliphatic hydroxyl groups excluding tert-OH is 2. The zero-order valence-corrected chi connectivity index (χ0v) is 34.7. The van der Waals surface area contributed by atoms with Crippen LogP contribution in [-0.4, -0.2) is 79.8 Å². The van der Waals surface area contributed by atoms with Gasteiger partial charge in [-0.25, -0.2) is 18.5 Å². The van der Waals surface area contributed by atoms with E-state index in [1.165, 1.54) is 99.8 Å². The van der Waals surface area contributed by atoms with Crippen LogP contribution in [0.3, 0.4) is 0 Å². The number of nitriles is 2. The first-order valence-corrected chi connectivity index (χ1v) is 22.2. The molecule has 6 N–H and O–H groups in total. The van der Waals surface area contributed by atoms with E-state index in [0.29, 0.717) is 18.5 Å². The van der Waals surface area contributed by atoms with Gasteiger partial charge in [0.15, 0.2) is 11.9 Å². The molecule has 1 aliphatic heterocycles. The van der Waals surface area contributed by atoms with Crippen LogP contribution in [0.1, 0.15) is 126 Å². The molecule has 2 aromatic heterocycles. The van der Waals surface area contributed by atoms with Gasteiger partial charge in [0.05, 0.1) is 37.1 Å². The molecule has 1 fully saturated rings. The van der Waals surface area contributed by atoms with Gasteiger partial charge in [-0.3, -0.25) is 13.8 Å². The fraction of sp³-hybridized carbons (Fsp3) is 0.634. The highest BCUT2D eigenvalue weighted by Gasteiger charge is 2.58. The number of phosphoric acid groups is 1. The van der Waals surface area contributed by atoms with Crippen molar-refractivity contribution in [2.24, 2.45) is 0 Å². The van der Waals surface area contributed by atoms with Crippen molar-refractivity contribution in [2.75, 3.05) is 25.5 Å². The van der Waals surface area contributed by atoms with Crippen molar-refractivity contribution < 1.29 is 47.4 Å². The molecule has 4 rings (SSSR count). The Morgan fingerprint density at radius 3 is 2.24 bits per heavy atom. The van der Waals surface area contributed by atoms with Gasteiger partial charge in [-0.05, 0) is 42.3 Å². The summed E-state index contributed by atoms with van der Waals surface area (Å²) < 4.78 is 50.0. The number of nitrogens with two attached hydrogens (primary N) is 1. The Bertz CT molecular complexity index is 1910. The third kappa shape index (κ3) is 14.3. The average Bonchev–Trinajstić information content (AvgIpc) is 3.77. The van der Waals surface area contributed by atoms with Crippen LogP contribution >= 0.6 is 7.82 Å². The lowest BCUT2D eigenvalue weighted by molar-refractivity contribution is -0.136. The fourth-order valence-corrected chi connectivity index (χ4v) is 7.84. The number of halogens is 1. The van der Waals surface area contributed by atoms with E-state index in [2.05, 4.69) is 22.3 Å². The van der Waals surface area contributed by atoms with Crippen LogP contribution in [0, 0.1) is 28.5 Å². The van der Waals surface area contributed by atoms with Crippen molar-refractivity contribution in [3.05, 3.63) is 59.3 Å². The summed E-state index contributed by atoms with van der Waals surface area (Å²) in [7, 11) is -4.98. The molecule has 0 saturated carbocycles. The van der Waals surface area contributed by atoms with Crippen molar-refractivity contribution in [3.8, 4) is 12.1 Å². The van der Waals surface area contributed by atoms with E-state index in [-0.39, 0.29) is 29.2 Å². The zero-order chi connectivity index (χ0) is 42.7. The van der Waals surface area contributed by atoms with Gasteiger partial charge in [0, 0.05) is 6.54 Å². The molecular weight excluding hydrogens is 784 g/mol. The smallest absolute Gasteiger partial charge is 0.387 e. The van der Waals surface area contributed by atoms with Crippen LogP contribution in [0.4, 0.5) is 10.2 Å². The maximum absolute atomic E-state index is 14.1. The summed E-state index contributed by atoms with van der Waals surface area (Å²) in [4.78, 5) is 27.7. The first-order chi connectivity index (χ1) is 28.4. The molecule has 0 bridgehead atoms. The topological polar surface area (TPSA) is 248 Å². The van der Waals surface area contributed by atoms with E-state index in [4.69, 9.17) is 24.3 Å². The molecule has 0 radical (unpaired) electrons. The number of nitrogen functional groups attached to an aromatic ring is 1. The second-order valence-corrected chi connectivity index (χ2v) is 16.5. The van der Waals surface area contributed by atoms with Gasteiger partial charge >= 0.3 is 7.82 Å². The Morgan fingerprint density at radius 2 is 1.63 bits per heavy atom. The van der Waals surface area contributed by atoms with Crippen LogP contribution in [0.25, 0.3) is 5.52 Å². The Balaban J connectivity index is 1.23. The van der Waals surface area contributed by atoms with Gasteiger partial charge in [-0.15, -0.1) is 0 Å². The Hall–Kier alpha value is -4.03. The number of hydrogen-bond acceptors (Lipinski definition) is 13. The van der Waals surface area contributed by atoms with Crippen molar-refractivity contribution >= 4 is 25.1 Å². The molecule has 1 unspecified atom stereocenters. The molecule has 6 atom stereocenters. The van der Waals surface area contributed by atoms with Crippen molar-refractivity contribution in [1.29, 1.82) is 10.5 Å². The molecule has 3 heterocycles. The quantitative estimate of drug-likeness (QED) is 0.0400. The lowest BCUT2D eigenvalue weighted by Gasteiger charge is -2.24. The SMILES string of the molecule is CCCCCCCCCCCCCCCCCCNC(=O)[C@H](COP(=O)(O)OC[C@H]1O[C@@](C#N)(c2ccc3c(N)ncnn23)[C@H](O)[C@@H]1O)OCc1cc(F)cc(C#N)c1. The molecule has 59 heavy (non-hydrogen) atoms. The third-order valence-electron chi connectivity index (χ3n) is 10.4. The van der Waals surface area contributed by atoms with E-state index >= 15 is 0 Å². The highest BCUT2D eigenvalue weighted by Crippen LogP contribution is 2.46. The zero-order valence-electron chi connectivity index (χ0n) is 33.8. The second-order valence-electron chi connectivity index (χ2n) is 15.0. The summed E-state index contributed by atoms with van der Waals surface area (Å²) in [5, 5.41) is 47.9. The molecule has 1 aliphatic rings. The van der Waals surface area contributed by atoms with E-state index in [1.807, 2.05) is 12.1 Å². The predicted octanol–water partition coefficient (Wildman–Crippen LogP) is 6.26. The summed E-state index contributed by atoms with van der Waals surface area (Å²) >= 11 is 0. The number of nitrogens with zero attached hydrogens (tertiary/aromatic N) is 5. The van der Waals surface area contributed by atoms with Gasteiger partial charge in [0.1, 0.15) is 42.0 Å². The number of nitrogens with one attached hydrogen (secondary N) is 1. The number of rotatable bonds is 28. The molecule has 18 heteroatoms. The number of unbranched alkanes of at least 4 members (excludes halogenated alkanes) is 15. The third-order valence-corrected chi connectivity index (χ3v) is 11.4. The van der Waals surface area contributed by atoms with E-state index in [9.17, 15) is 39.4 Å². The van der Waals surface area contributed by atoms with Gasteiger partial charge in [-0.1, -0.05) is 103 Å². The first-order valence-electron chi connectivity index (χ1n) is 20.7. The fourth-order valence-electron chi connectivity index (χ4n) is 7.11. The minimum Gasteiger partial charge on any atom is -0.387 e. The predicted molar refractivity (Wildman–Crippen MR) is 216 cm³/mol. The summed E-state index contributed by atoms with van der Waals surface area (Å²) in [6.45, 7) is 0.648. The summed E-state index contributed by atoms with van der Waals surface area (Å²) in [5.74, 6) is -1.24. The van der Waals surface area contributed by atoms with E-state index < -0.39 is 62.8 Å². The number of ether oxygens (including phenoxy) is 2. The van der Waals surface area contributed by atoms with Crippen molar-refractivity contribution in [2.45, 2.75) is 146 Å². The normalized spacial score (nSPS) is 20.6. The molecule has 1 amide bonds. The Kier molecular flexibility index (Phi) is 19.6. The maximum Gasteiger partial charge on any atom is 0.472 e. The minimum atomic E-state index is -4.98. The number of fused-ring (bicyclic) bond motifs is 1. The van der Waals surface area contributed by atoms with Crippen LogP contribution in [0.5, 0.6) is 0 Å². The molecule has 1 aromatic carbocycles. The van der Waals surface area contributed by atoms with Crippen LogP contribution in [0.2, 0.25) is 0 Å². The van der Waals surface area contributed by atoms with Crippen LogP contribution in [0.15, 0.2) is 36.7 Å². The standard InChI is InChI=1S/C41H59FN7O9P/c1-2-3-4-5-6-7-8-9-10-11-12-13-14-15-16-17-20-46-40(52)35(55-25-31-21-30(24-43)22-32(42)23-31)27-57-59(53,54)56-26-34-37(50)38(51)41(28-44,58-34)36-19-18-33-39(45)47-29-48-49(33)36/h18-19,21-23,29,34-35,37-38,50-51H,2-17,20,25-27H2,1H3,(H,46,52)(H,53,54)(H2,45,47,48)/t34-,35+,37-,38-,41+/m1/s1. The van der Waals surface area contributed by atoms with Gasteiger partial charge in [-0.2, -0.15) is 15.6 Å². The monoisotopic (exact) mass is 843 g/mol. The van der Waals surface area contributed by atoms with Crippen molar-refractivity contribution in [3.63, 3.8) is 0 Å². The van der Waals surface area contributed by atoms with E-state index in [0.717, 1.165) is 37.7 Å². The number of hydrogen-bond donors (Lipinski definition) is 5. The number of aliphatic hydroxyl groups is 2. The summed E-state index contributed by atoms with van der Waals surface area (Å²) in [6, 6.07) is 10.2. The van der Waals surface area contributed by atoms with E-state index in [1.54, 1.807) is 0 Å². The number of anilines is 1. The molecule has 0 aliphatic carbocycles. The Labute approximate surface area is 345 Å². The van der Waals surface area contributed by atoms with Crippen LogP contribution in [-0.2, 0) is 40.1 Å². The average molecular weight is 844 g/mol. The molecular formula is C41H59FN7O9P. The number of carbonyl (C=O) groups excluding carboxylic acids is 1. The largest absolute Gasteiger partial charge is 0.472 e. The number of aromatic nitrogens is 3. The van der Waals surface area contributed by atoms with Gasteiger partial charge < -0.3 is 35.6 Å². The number of carbonyl (C=O) groups is 1. The minimum absolute atomic E-state index is 0.0207. The Morgan fingerprint density at radius 1 is 1.00 bits per heavy atom. The summed E-state index contributed by atoms with van der Waals surface area (Å²) in [5.41, 5.74) is 4.34. The summed E-state index contributed by atoms with van der Waals surface area (Å²) in [6.07, 6.45) is 14.0. The lowest BCUT2D eigenvalue weighted by atomic mass is 9.92. The number of benzene rings is 1. The first kappa shape index (κ1) is 47.6. The van der Waals surface area contributed by atoms with Crippen LogP contribution < -0.4 is 11.1 Å². The van der Waals surface area contributed by atoms with Gasteiger partial charge in [0.25, 0.3) is 5.91 Å². The maximum atomic E-state index is 14.1.